The predicted octanol–water partition coefficient (Wildman–Crippen LogP) is -0.120. The molecule has 0 aromatic heterocycles. The molecule has 0 atom stereocenters. The Hall–Kier alpha value is -0.760. The highest BCUT2D eigenvalue weighted by Gasteiger charge is 2.14. The number of nitrogens with zero attached hydrogens (tertiary/aromatic N) is 1. The van der Waals surface area contributed by atoms with E-state index >= 15 is 0 Å². The summed E-state index contributed by atoms with van der Waals surface area (Å²) < 4.78 is 22.1. The van der Waals surface area contributed by atoms with Crippen LogP contribution in [-0.4, -0.2) is 26.0 Å². The first-order valence-electron chi connectivity index (χ1n) is 3.34. The van der Waals surface area contributed by atoms with Crippen molar-refractivity contribution in [1.29, 1.82) is 5.26 Å². The van der Waals surface area contributed by atoms with Crippen LogP contribution in [0, 0.1) is 11.5 Å². The largest absolute Gasteiger partial charge is 0.323 e. The Morgan fingerprint density at radius 2 is 2.09 bits per heavy atom. The second kappa shape index (κ2) is 4.19. The molecule has 0 aromatic carbocycles. The number of nitriles is 1. The van der Waals surface area contributed by atoms with Crippen LogP contribution in [0.2, 0.25) is 0 Å². The SMILES string of the molecule is CC(C)S(=O)(=O)CCNC#N. The molecule has 0 amide bonds. The summed E-state index contributed by atoms with van der Waals surface area (Å²) in [6.07, 6.45) is 1.66. The molecule has 0 radical (unpaired) electrons. The molecule has 5 heteroatoms. The Bertz CT molecular complexity index is 238. The fraction of sp³-hybridized carbons (Fsp3) is 0.833. The zero-order valence-electron chi connectivity index (χ0n) is 6.66. The van der Waals surface area contributed by atoms with E-state index in [1.54, 1.807) is 20.0 Å². The van der Waals surface area contributed by atoms with Gasteiger partial charge in [0, 0.05) is 6.54 Å². The molecule has 0 aliphatic carbocycles. The second-order valence-electron chi connectivity index (χ2n) is 2.45. The minimum absolute atomic E-state index is 0.0260. The molecule has 0 saturated carbocycles. The summed E-state index contributed by atoms with van der Waals surface area (Å²) in [6.45, 7) is 3.46. The highest BCUT2D eigenvalue weighted by atomic mass is 32.2. The summed E-state index contributed by atoms with van der Waals surface area (Å²) in [7, 11) is -2.98. The maximum absolute atomic E-state index is 11.1. The monoisotopic (exact) mass is 176 g/mol. The van der Waals surface area contributed by atoms with Crippen LogP contribution in [-0.2, 0) is 9.84 Å². The molecule has 0 bridgehead atoms. The summed E-state index contributed by atoms with van der Waals surface area (Å²) in [4.78, 5) is 0. The molecule has 11 heavy (non-hydrogen) atoms. The van der Waals surface area contributed by atoms with E-state index < -0.39 is 9.84 Å². The summed E-state index contributed by atoms with van der Waals surface area (Å²) in [5.41, 5.74) is 0. The van der Waals surface area contributed by atoms with Crippen LogP contribution in [0.5, 0.6) is 0 Å². The number of nitrogens with one attached hydrogen (secondary N) is 1. The average Bonchev–Trinajstić information content (AvgIpc) is 1.88. The van der Waals surface area contributed by atoms with Gasteiger partial charge in [0.2, 0.25) is 0 Å². The van der Waals surface area contributed by atoms with Crippen LogP contribution in [0.1, 0.15) is 13.8 Å². The van der Waals surface area contributed by atoms with Gasteiger partial charge in [-0.1, -0.05) is 0 Å². The van der Waals surface area contributed by atoms with E-state index in [4.69, 9.17) is 5.26 Å². The highest BCUT2D eigenvalue weighted by molar-refractivity contribution is 7.92. The molecule has 0 aromatic rings. The zero-order chi connectivity index (χ0) is 8.91. The Morgan fingerprint density at radius 1 is 1.55 bits per heavy atom. The van der Waals surface area contributed by atoms with Gasteiger partial charge in [-0.3, -0.25) is 0 Å². The molecular weight excluding hydrogens is 164 g/mol. The third-order valence-corrected chi connectivity index (χ3v) is 3.52. The first kappa shape index (κ1) is 10.2. The van der Waals surface area contributed by atoms with Crippen molar-refractivity contribution in [1.82, 2.24) is 5.32 Å². The highest BCUT2D eigenvalue weighted by Crippen LogP contribution is 1.98. The second-order valence-corrected chi connectivity index (χ2v) is 5.13. The van der Waals surface area contributed by atoms with E-state index in [1.807, 2.05) is 0 Å². The van der Waals surface area contributed by atoms with Gasteiger partial charge >= 0.3 is 0 Å². The lowest BCUT2D eigenvalue weighted by molar-refractivity contribution is 0.586. The van der Waals surface area contributed by atoms with Gasteiger partial charge < -0.3 is 5.32 Å². The molecule has 0 fully saturated rings. The van der Waals surface area contributed by atoms with Gasteiger partial charge in [-0.25, -0.2) is 8.42 Å². The van der Waals surface area contributed by atoms with Crippen LogP contribution in [0.3, 0.4) is 0 Å². The number of hydrogen-bond acceptors (Lipinski definition) is 4. The third kappa shape index (κ3) is 3.83. The average molecular weight is 176 g/mol. The molecule has 0 unspecified atom stereocenters. The lowest BCUT2D eigenvalue weighted by Crippen LogP contribution is -2.24. The van der Waals surface area contributed by atoms with E-state index in [0.717, 1.165) is 0 Å². The van der Waals surface area contributed by atoms with E-state index in [9.17, 15) is 8.42 Å². The molecule has 0 rings (SSSR count). The quantitative estimate of drug-likeness (QED) is 0.368. The van der Waals surface area contributed by atoms with Crippen molar-refractivity contribution >= 4 is 9.84 Å². The van der Waals surface area contributed by atoms with Crippen molar-refractivity contribution in [3.8, 4) is 6.19 Å². The van der Waals surface area contributed by atoms with Gasteiger partial charge in [-0.15, -0.1) is 0 Å². The van der Waals surface area contributed by atoms with Gasteiger partial charge in [0.25, 0.3) is 0 Å². The minimum Gasteiger partial charge on any atom is -0.323 e. The minimum atomic E-state index is -2.98. The van der Waals surface area contributed by atoms with E-state index in [2.05, 4.69) is 5.32 Å². The Kier molecular flexibility index (Phi) is 3.90. The molecule has 64 valence electrons. The van der Waals surface area contributed by atoms with Crippen LogP contribution in [0.15, 0.2) is 0 Å². The number of hydrogen-bond donors (Lipinski definition) is 1. The van der Waals surface area contributed by atoms with Gasteiger partial charge in [0.05, 0.1) is 11.0 Å². The molecule has 0 heterocycles. The van der Waals surface area contributed by atoms with Crippen LogP contribution in [0.4, 0.5) is 0 Å². The number of sulfone groups is 1. The summed E-state index contributed by atoms with van der Waals surface area (Å²) >= 11 is 0. The topological polar surface area (TPSA) is 70.0 Å². The van der Waals surface area contributed by atoms with Gasteiger partial charge in [0.15, 0.2) is 16.0 Å². The Balaban J connectivity index is 3.87. The normalized spacial score (nSPS) is 11.1. The third-order valence-electron chi connectivity index (χ3n) is 1.31. The van der Waals surface area contributed by atoms with E-state index in [-0.39, 0.29) is 17.5 Å². The van der Waals surface area contributed by atoms with Crippen LogP contribution >= 0.6 is 0 Å². The Morgan fingerprint density at radius 3 is 2.45 bits per heavy atom. The lowest BCUT2D eigenvalue weighted by Gasteiger charge is -2.05. The summed E-state index contributed by atoms with van der Waals surface area (Å²) in [6, 6.07) is 0. The van der Waals surface area contributed by atoms with Crippen molar-refractivity contribution in [3.05, 3.63) is 0 Å². The number of rotatable bonds is 4. The molecular formula is C6H12N2O2S. The molecule has 4 nitrogen and oxygen atoms in total. The van der Waals surface area contributed by atoms with Gasteiger partial charge in [-0.2, -0.15) is 5.26 Å². The van der Waals surface area contributed by atoms with Crippen molar-refractivity contribution in [2.75, 3.05) is 12.3 Å². The van der Waals surface area contributed by atoms with E-state index in [1.165, 1.54) is 0 Å². The van der Waals surface area contributed by atoms with Crippen molar-refractivity contribution in [2.24, 2.45) is 0 Å². The van der Waals surface area contributed by atoms with Crippen molar-refractivity contribution in [3.63, 3.8) is 0 Å². The molecule has 1 N–H and O–H groups in total. The van der Waals surface area contributed by atoms with Crippen LogP contribution < -0.4 is 5.32 Å². The first-order valence-corrected chi connectivity index (χ1v) is 5.05. The summed E-state index contributed by atoms with van der Waals surface area (Å²) in [5.74, 6) is 0.0260. The van der Waals surface area contributed by atoms with Gasteiger partial charge in [0.1, 0.15) is 0 Å². The van der Waals surface area contributed by atoms with E-state index in [0.29, 0.717) is 0 Å². The summed E-state index contributed by atoms with van der Waals surface area (Å²) in [5, 5.41) is 9.97. The Labute approximate surface area is 67.1 Å². The molecule has 0 aliphatic heterocycles. The lowest BCUT2D eigenvalue weighted by atomic mass is 10.6. The predicted molar refractivity (Wildman–Crippen MR) is 42.5 cm³/mol. The molecule has 0 aliphatic rings. The standard InChI is InChI=1S/C6H12N2O2S/c1-6(2)11(9,10)4-3-8-5-7/h6,8H,3-4H2,1-2H3. The maximum atomic E-state index is 11.1. The molecule has 0 spiro atoms. The fourth-order valence-electron chi connectivity index (χ4n) is 0.485. The van der Waals surface area contributed by atoms with Crippen molar-refractivity contribution < 1.29 is 8.42 Å². The fourth-order valence-corrected chi connectivity index (χ4v) is 1.34. The molecule has 0 saturated heterocycles. The van der Waals surface area contributed by atoms with Crippen molar-refractivity contribution in [2.45, 2.75) is 19.1 Å². The smallest absolute Gasteiger partial charge is 0.176 e. The van der Waals surface area contributed by atoms with Gasteiger partial charge in [-0.05, 0) is 13.8 Å². The first-order chi connectivity index (χ1) is 5.00. The maximum Gasteiger partial charge on any atom is 0.176 e. The van der Waals surface area contributed by atoms with Crippen LogP contribution in [0.25, 0.3) is 0 Å². The zero-order valence-corrected chi connectivity index (χ0v) is 7.48.